The Hall–Kier alpha value is -1.62. The molecule has 2 aromatic heterocycles. The first-order chi connectivity index (χ1) is 8.38. The van der Waals surface area contributed by atoms with E-state index in [0.717, 1.165) is 28.7 Å². The van der Waals surface area contributed by atoms with Gasteiger partial charge >= 0.3 is 0 Å². The Kier molecular flexibility index (Phi) is 4.32. The Morgan fingerprint density at radius 1 is 1.18 bits per heavy atom. The smallest absolute Gasteiger partial charge is 0.145 e. The molecule has 0 radical (unpaired) electrons. The van der Waals surface area contributed by atoms with Crippen LogP contribution >= 0.6 is 11.8 Å². The van der Waals surface area contributed by atoms with Crippen LogP contribution in [0.5, 0.6) is 0 Å². The van der Waals surface area contributed by atoms with Gasteiger partial charge in [0.15, 0.2) is 0 Å². The molecule has 0 bridgehead atoms. The van der Waals surface area contributed by atoms with Gasteiger partial charge in [0, 0.05) is 23.8 Å². The zero-order valence-corrected chi connectivity index (χ0v) is 10.4. The third-order valence-electron chi connectivity index (χ3n) is 2.04. The molecule has 1 N–H and O–H groups in total. The summed E-state index contributed by atoms with van der Waals surface area (Å²) in [6.45, 7) is 3.04. The second-order valence-corrected chi connectivity index (χ2v) is 4.55. The first kappa shape index (κ1) is 11.9. The van der Waals surface area contributed by atoms with Crippen LogP contribution in [-0.4, -0.2) is 21.5 Å². The lowest BCUT2D eigenvalue weighted by molar-refractivity contribution is 0.948. The number of hydrogen-bond acceptors (Lipinski definition) is 5. The molecule has 0 spiro atoms. The number of nitrogens with one attached hydrogen (secondary N) is 1. The van der Waals surface area contributed by atoms with Gasteiger partial charge < -0.3 is 5.32 Å². The second kappa shape index (κ2) is 6.20. The van der Waals surface area contributed by atoms with Crippen molar-refractivity contribution in [3.63, 3.8) is 0 Å². The van der Waals surface area contributed by atoms with E-state index in [1.54, 1.807) is 36.5 Å². The summed E-state index contributed by atoms with van der Waals surface area (Å²) in [5.41, 5.74) is 0. The van der Waals surface area contributed by atoms with Gasteiger partial charge in [-0.05, 0) is 18.6 Å². The first-order valence-electron chi connectivity index (χ1n) is 5.52. The molecule has 5 heteroatoms. The summed E-state index contributed by atoms with van der Waals surface area (Å²) in [6.07, 6.45) is 8.13. The molecule has 0 aromatic carbocycles. The second-order valence-electron chi connectivity index (χ2n) is 3.45. The van der Waals surface area contributed by atoms with Gasteiger partial charge in [0.25, 0.3) is 0 Å². The lowest BCUT2D eigenvalue weighted by Crippen LogP contribution is -2.02. The molecule has 0 amide bonds. The van der Waals surface area contributed by atoms with E-state index in [1.165, 1.54) is 0 Å². The third kappa shape index (κ3) is 3.71. The van der Waals surface area contributed by atoms with Gasteiger partial charge in [-0.15, -0.1) is 0 Å². The van der Waals surface area contributed by atoms with Gasteiger partial charge in [-0.2, -0.15) is 0 Å². The minimum atomic E-state index is 0.825. The highest BCUT2D eigenvalue weighted by Gasteiger charge is 2.00. The molecule has 17 heavy (non-hydrogen) atoms. The van der Waals surface area contributed by atoms with E-state index in [0.29, 0.717) is 0 Å². The molecule has 0 aliphatic carbocycles. The molecule has 0 aliphatic heterocycles. The van der Waals surface area contributed by atoms with Crippen LogP contribution in [0.15, 0.2) is 46.8 Å². The van der Waals surface area contributed by atoms with Crippen molar-refractivity contribution < 1.29 is 0 Å². The third-order valence-corrected chi connectivity index (χ3v) is 2.95. The Labute approximate surface area is 105 Å². The fourth-order valence-corrected chi connectivity index (χ4v) is 2.02. The van der Waals surface area contributed by atoms with Crippen LogP contribution in [0.1, 0.15) is 13.3 Å². The molecule has 0 fully saturated rings. The molecule has 0 aliphatic rings. The van der Waals surface area contributed by atoms with E-state index >= 15 is 0 Å². The maximum absolute atomic E-state index is 4.47. The largest absolute Gasteiger partial charge is 0.369 e. The van der Waals surface area contributed by atoms with Crippen LogP contribution in [0.25, 0.3) is 0 Å². The molecule has 0 atom stereocenters. The van der Waals surface area contributed by atoms with Crippen LogP contribution in [-0.2, 0) is 0 Å². The number of hydrogen-bond donors (Lipinski definition) is 1. The van der Waals surface area contributed by atoms with Crippen molar-refractivity contribution in [2.24, 2.45) is 0 Å². The summed E-state index contributed by atoms with van der Waals surface area (Å²) in [4.78, 5) is 13.7. The fourth-order valence-electron chi connectivity index (χ4n) is 1.26. The molecule has 88 valence electrons. The lowest BCUT2D eigenvalue weighted by Gasteiger charge is -2.05. The normalized spacial score (nSPS) is 10.2. The van der Waals surface area contributed by atoms with Gasteiger partial charge in [-0.3, -0.25) is 9.97 Å². The highest BCUT2D eigenvalue weighted by atomic mass is 32.2. The van der Waals surface area contributed by atoms with Crippen LogP contribution in [0, 0.1) is 0 Å². The molecule has 0 unspecified atom stereocenters. The van der Waals surface area contributed by atoms with Gasteiger partial charge in [0.05, 0.1) is 12.4 Å². The minimum absolute atomic E-state index is 0.825. The number of aromatic nitrogens is 3. The van der Waals surface area contributed by atoms with Gasteiger partial charge in [0.1, 0.15) is 10.8 Å². The average Bonchev–Trinajstić information content (AvgIpc) is 2.38. The number of rotatable bonds is 5. The van der Waals surface area contributed by atoms with Gasteiger partial charge in [0.2, 0.25) is 0 Å². The fraction of sp³-hybridized carbons (Fsp3) is 0.250. The number of anilines is 1. The summed E-state index contributed by atoms with van der Waals surface area (Å²) in [5, 5.41) is 4.11. The predicted molar refractivity (Wildman–Crippen MR) is 69.2 cm³/mol. The van der Waals surface area contributed by atoms with E-state index in [1.807, 2.05) is 12.1 Å². The first-order valence-corrected chi connectivity index (χ1v) is 6.34. The summed E-state index contributed by atoms with van der Waals surface area (Å²) < 4.78 is 0. The Bertz CT molecular complexity index is 461. The monoisotopic (exact) mass is 246 g/mol. The predicted octanol–water partition coefficient (Wildman–Crippen LogP) is 2.84. The van der Waals surface area contributed by atoms with E-state index in [-0.39, 0.29) is 0 Å². The van der Waals surface area contributed by atoms with Crippen molar-refractivity contribution in [2.45, 2.75) is 23.3 Å². The average molecular weight is 246 g/mol. The Morgan fingerprint density at radius 2 is 2.00 bits per heavy atom. The van der Waals surface area contributed by atoms with Crippen LogP contribution in [0.2, 0.25) is 0 Å². The van der Waals surface area contributed by atoms with Crippen LogP contribution < -0.4 is 5.32 Å². The summed E-state index contributed by atoms with van der Waals surface area (Å²) in [7, 11) is 0. The highest BCUT2D eigenvalue weighted by molar-refractivity contribution is 7.99. The van der Waals surface area contributed by atoms with Crippen molar-refractivity contribution in [1.82, 2.24) is 15.0 Å². The number of nitrogens with zero attached hydrogens (tertiary/aromatic N) is 3. The van der Waals surface area contributed by atoms with Crippen molar-refractivity contribution in [3.8, 4) is 0 Å². The van der Waals surface area contributed by atoms with Gasteiger partial charge in [-0.1, -0.05) is 18.7 Å². The zero-order valence-electron chi connectivity index (χ0n) is 9.63. The Balaban J connectivity index is 2.06. The molecular formula is C12H14N4S. The molecule has 0 saturated heterocycles. The van der Waals surface area contributed by atoms with Crippen LogP contribution in [0.4, 0.5) is 5.82 Å². The highest BCUT2D eigenvalue weighted by Crippen LogP contribution is 2.25. The lowest BCUT2D eigenvalue weighted by atomic mass is 10.5. The SMILES string of the molecule is CCCNc1cncc(Sc2ccncc2)n1. The number of pyridine rings is 1. The summed E-state index contributed by atoms with van der Waals surface area (Å²) >= 11 is 1.58. The molecular weight excluding hydrogens is 232 g/mol. The molecule has 0 saturated carbocycles. The maximum Gasteiger partial charge on any atom is 0.145 e. The molecule has 2 rings (SSSR count). The Morgan fingerprint density at radius 3 is 2.76 bits per heavy atom. The van der Waals surface area contributed by atoms with Crippen LogP contribution in [0.3, 0.4) is 0 Å². The van der Waals surface area contributed by atoms with Gasteiger partial charge in [-0.25, -0.2) is 4.98 Å². The molecule has 2 heterocycles. The minimum Gasteiger partial charge on any atom is -0.369 e. The molecule has 4 nitrogen and oxygen atoms in total. The topological polar surface area (TPSA) is 50.7 Å². The van der Waals surface area contributed by atoms with Crippen molar-refractivity contribution in [2.75, 3.05) is 11.9 Å². The standard InChI is InChI=1S/C12H14N4S/c1-2-5-15-11-8-14-9-12(16-11)17-10-3-6-13-7-4-10/h3-4,6-9H,2,5H2,1H3,(H,15,16). The molecule has 2 aromatic rings. The quantitative estimate of drug-likeness (QED) is 0.879. The van der Waals surface area contributed by atoms with E-state index in [9.17, 15) is 0 Å². The van der Waals surface area contributed by atoms with Crippen molar-refractivity contribution >= 4 is 17.6 Å². The summed E-state index contributed by atoms with van der Waals surface area (Å²) in [5.74, 6) is 0.825. The maximum atomic E-state index is 4.47. The summed E-state index contributed by atoms with van der Waals surface area (Å²) in [6, 6.07) is 3.91. The van der Waals surface area contributed by atoms with E-state index in [2.05, 4.69) is 27.2 Å². The zero-order chi connectivity index (χ0) is 11.9. The van der Waals surface area contributed by atoms with E-state index < -0.39 is 0 Å². The van der Waals surface area contributed by atoms with Crippen molar-refractivity contribution in [1.29, 1.82) is 0 Å². The van der Waals surface area contributed by atoms with E-state index in [4.69, 9.17) is 0 Å². The van der Waals surface area contributed by atoms with Crippen molar-refractivity contribution in [3.05, 3.63) is 36.9 Å².